The van der Waals surface area contributed by atoms with Gasteiger partial charge in [-0.3, -0.25) is 4.79 Å². The highest BCUT2D eigenvalue weighted by molar-refractivity contribution is 5.87. The second-order valence-electron chi connectivity index (χ2n) is 7.73. The number of hydrogen-bond acceptors (Lipinski definition) is 6. The number of nitrogens with zero attached hydrogens (tertiary/aromatic N) is 7. The molecule has 1 fully saturated rings. The molecule has 0 radical (unpaired) electrons. The molecule has 1 N–H and O–H groups in total. The van der Waals surface area contributed by atoms with Crippen LogP contribution in [0.1, 0.15) is 17.1 Å². The van der Waals surface area contributed by atoms with Crippen LogP contribution < -0.4 is 10.5 Å². The van der Waals surface area contributed by atoms with E-state index < -0.39 is 0 Å². The number of fused-ring (bicyclic) bond motifs is 1. The lowest BCUT2D eigenvalue weighted by Gasteiger charge is -2.40. The van der Waals surface area contributed by atoms with Crippen molar-refractivity contribution in [1.82, 2.24) is 34.5 Å². The van der Waals surface area contributed by atoms with Gasteiger partial charge < -0.3 is 9.88 Å². The molecule has 0 unspecified atom stereocenters. The topological polar surface area (TPSA) is 97.5 Å². The molecule has 4 aromatic heterocycles. The molecule has 0 atom stereocenters. The van der Waals surface area contributed by atoms with Crippen LogP contribution in [0.4, 0.5) is 5.82 Å². The Morgan fingerprint density at radius 2 is 1.93 bits per heavy atom. The van der Waals surface area contributed by atoms with E-state index in [0.717, 1.165) is 47.0 Å². The van der Waals surface area contributed by atoms with Gasteiger partial charge in [-0.15, -0.1) is 5.10 Å². The minimum atomic E-state index is -0.0989. The third-order valence-corrected chi connectivity index (χ3v) is 5.30. The maximum absolute atomic E-state index is 12.3. The molecular weight excluding hydrogens is 368 g/mol. The van der Waals surface area contributed by atoms with Gasteiger partial charge in [0, 0.05) is 36.5 Å². The molecule has 0 bridgehead atoms. The summed E-state index contributed by atoms with van der Waals surface area (Å²) in [5.41, 5.74) is 4.77. The third-order valence-electron chi connectivity index (χ3n) is 5.30. The summed E-state index contributed by atoms with van der Waals surface area (Å²) >= 11 is 0. The van der Waals surface area contributed by atoms with Crippen LogP contribution in [0.15, 0.2) is 35.4 Å². The van der Waals surface area contributed by atoms with Crippen molar-refractivity contribution in [2.24, 2.45) is 5.92 Å². The van der Waals surface area contributed by atoms with Crippen molar-refractivity contribution in [2.75, 3.05) is 18.0 Å². The van der Waals surface area contributed by atoms with Crippen molar-refractivity contribution in [1.29, 1.82) is 0 Å². The van der Waals surface area contributed by atoms with E-state index in [2.05, 4.69) is 30.0 Å². The number of aromatic amines is 1. The standard InChI is InChI=1S/C20H22N8O/c1-12-7-16-19(23-12)20(22-11-21-16)26-8-15(9-26)10-27-18(29)5-4-17(25-27)28-14(3)6-13(2)24-28/h4-7,11,15,23H,8-10H2,1-3H3. The Labute approximate surface area is 167 Å². The van der Waals surface area contributed by atoms with Gasteiger partial charge in [-0.2, -0.15) is 5.10 Å². The zero-order valence-corrected chi connectivity index (χ0v) is 16.6. The van der Waals surface area contributed by atoms with Crippen LogP contribution in [0.5, 0.6) is 0 Å². The van der Waals surface area contributed by atoms with Gasteiger partial charge in [0.25, 0.3) is 5.56 Å². The molecule has 0 aliphatic carbocycles. The van der Waals surface area contributed by atoms with Crippen molar-refractivity contribution >= 4 is 16.9 Å². The van der Waals surface area contributed by atoms with Crippen molar-refractivity contribution in [2.45, 2.75) is 27.3 Å². The Morgan fingerprint density at radius 3 is 2.69 bits per heavy atom. The second-order valence-corrected chi connectivity index (χ2v) is 7.73. The lowest BCUT2D eigenvalue weighted by Crippen LogP contribution is -2.50. The van der Waals surface area contributed by atoms with Gasteiger partial charge in [-0.05, 0) is 39.0 Å². The average molecular weight is 390 g/mol. The summed E-state index contributed by atoms with van der Waals surface area (Å²) in [6.07, 6.45) is 1.60. The highest BCUT2D eigenvalue weighted by atomic mass is 16.1. The van der Waals surface area contributed by atoms with E-state index in [4.69, 9.17) is 0 Å². The van der Waals surface area contributed by atoms with Gasteiger partial charge in [0.15, 0.2) is 11.6 Å². The Bertz CT molecular complexity index is 1260. The normalized spacial score (nSPS) is 14.5. The number of aryl methyl sites for hydroxylation is 3. The highest BCUT2D eigenvalue weighted by Crippen LogP contribution is 2.29. The molecule has 9 nitrogen and oxygen atoms in total. The Morgan fingerprint density at radius 1 is 1.10 bits per heavy atom. The summed E-state index contributed by atoms with van der Waals surface area (Å²) in [5.74, 6) is 1.90. The largest absolute Gasteiger partial charge is 0.354 e. The monoisotopic (exact) mass is 390 g/mol. The molecule has 1 aliphatic rings. The van der Waals surface area contributed by atoms with Gasteiger partial charge >= 0.3 is 0 Å². The van der Waals surface area contributed by atoms with E-state index >= 15 is 0 Å². The van der Waals surface area contributed by atoms with Gasteiger partial charge in [0.2, 0.25) is 0 Å². The zero-order chi connectivity index (χ0) is 20.1. The van der Waals surface area contributed by atoms with Crippen molar-refractivity contribution in [3.63, 3.8) is 0 Å². The maximum Gasteiger partial charge on any atom is 0.266 e. The van der Waals surface area contributed by atoms with Crippen LogP contribution in [0.3, 0.4) is 0 Å². The SMILES string of the molecule is Cc1cc(C)n(-c2ccc(=O)n(CC3CN(c4ncnc5cc(C)[nH]c45)C3)n2)n1. The fourth-order valence-electron chi connectivity index (χ4n) is 3.94. The molecule has 29 heavy (non-hydrogen) atoms. The van der Waals surface area contributed by atoms with Crippen LogP contribution in [0, 0.1) is 26.7 Å². The second kappa shape index (κ2) is 6.54. The molecule has 1 aliphatic heterocycles. The molecule has 0 saturated carbocycles. The van der Waals surface area contributed by atoms with E-state index in [-0.39, 0.29) is 5.56 Å². The molecule has 148 valence electrons. The van der Waals surface area contributed by atoms with Crippen molar-refractivity contribution in [3.8, 4) is 5.82 Å². The zero-order valence-electron chi connectivity index (χ0n) is 16.6. The molecule has 0 amide bonds. The predicted octanol–water partition coefficient (Wildman–Crippen LogP) is 1.76. The molecule has 1 saturated heterocycles. The first kappa shape index (κ1) is 17.6. The van der Waals surface area contributed by atoms with Crippen LogP contribution >= 0.6 is 0 Å². The minimum absolute atomic E-state index is 0.0989. The molecule has 0 aromatic carbocycles. The minimum Gasteiger partial charge on any atom is -0.354 e. The molecular formula is C20H22N8O. The van der Waals surface area contributed by atoms with Crippen LogP contribution in [0.2, 0.25) is 0 Å². The lowest BCUT2D eigenvalue weighted by molar-refractivity contribution is 0.332. The molecule has 9 heteroatoms. The van der Waals surface area contributed by atoms with Crippen molar-refractivity contribution < 1.29 is 0 Å². The Balaban J connectivity index is 1.34. The van der Waals surface area contributed by atoms with Crippen molar-refractivity contribution in [3.05, 3.63) is 58.0 Å². The first-order valence-electron chi connectivity index (χ1n) is 9.65. The summed E-state index contributed by atoms with van der Waals surface area (Å²) in [5, 5.41) is 9.00. The van der Waals surface area contributed by atoms with E-state index in [0.29, 0.717) is 18.3 Å². The highest BCUT2D eigenvalue weighted by Gasteiger charge is 2.30. The average Bonchev–Trinajstić information content (AvgIpc) is 3.19. The van der Waals surface area contributed by atoms with Crippen LogP contribution in [0.25, 0.3) is 16.9 Å². The third kappa shape index (κ3) is 3.08. The summed E-state index contributed by atoms with van der Waals surface area (Å²) in [7, 11) is 0. The van der Waals surface area contributed by atoms with Crippen LogP contribution in [-0.4, -0.2) is 47.6 Å². The number of H-pyrrole nitrogens is 1. The first-order chi connectivity index (χ1) is 14.0. The predicted molar refractivity (Wildman–Crippen MR) is 109 cm³/mol. The number of anilines is 1. The molecule has 0 spiro atoms. The van der Waals surface area contributed by atoms with E-state index in [1.165, 1.54) is 0 Å². The van der Waals surface area contributed by atoms with Gasteiger partial charge in [0.1, 0.15) is 11.8 Å². The quantitative estimate of drug-likeness (QED) is 0.570. The van der Waals surface area contributed by atoms with Crippen LogP contribution in [-0.2, 0) is 6.54 Å². The molecule has 5 heterocycles. The summed E-state index contributed by atoms with van der Waals surface area (Å²) in [6.45, 7) is 8.15. The summed E-state index contributed by atoms with van der Waals surface area (Å²) in [4.78, 5) is 26.6. The summed E-state index contributed by atoms with van der Waals surface area (Å²) in [6, 6.07) is 7.29. The number of rotatable bonds is 4. The first-order valence-corrected chi connectivity index (χ1v) is 9.65. The number of nitrogens with one attached hydrogen (secondary N) is 1. The lowest BCUT2D eigenvalue weighted by atomic mass is 10.00. The Hall–Kier alpha value is -3.49. The van der Waals surface area contributed by atoms with Gasteiger partial charge in [0.05, 0.1) is 17.8 Å². The summed E-state index contributed by atoms with van der Waals surface area (Å²) < 4.78 is 3.31. The smallest absolute Gasteiger partial charge is 0.266 e. The maximum atomic E-state index is 12.3. The van der Waals surface area contributed by atoms with E-state index in [1.54, 1.807) is 27.8 Å². The Kier molecular flexibility index (Phi) is 3.97. The fraction of sp³-hybridized carbons (Fsp3) is 0.350. The van der Waals surface area contributed by atoms with Gasteiger partial charge in [-0.25, -0.2) is 19.3 Å². The number of hydrogen-bond donors (Lipinski definition) is 1. The van der Waals surface area contributed by atoms with E-state index in [9.17, 15) is 4.79 Å². The molecule has 4 aromatic rings. The van der Waals surface area contributed by atoms with Gasteiger partial charge in [-0.1, -0.05) is 0 Å². The van der Waals surface area contributed by atoms with E-state index in [1.807, 2.05) is 32.9 Å². The fourth-order valence-corrected chi connectivity index (χ4v) is 3.94. The number of aromatic nitrogens is 7. The molecule has 5 rings (SSSR count).